The molecule has 2 aliphatic rings. The number of halogens is 1. The van der Waals surface area contributed by atoms with Crippen molar-refractivity contribution in [2.75, 3.05) is 20.3 Å². The number of aliphatic hydroxyl groups is 2. The van der Waals surface area contributed by atoms with Crippen LogP contribution in [0.4, 0.5) is 5.69 Å². The van der Waals surface area contributed by atoms with E-state index < -0.39 is 40.8 Å². The van der Waals surface area contributed by atoms with E-state index in [9.17, 15) is 25.1 Å². The van der Waals surface area contributed by atoms with Crippen LogP contribution in [0.2, 0.25) is 0 Å². The summed E-state index contributed by atoms with van der Waals surface area (Å²) in [6, 6.07) is 3.04. The van der Waals surface area contributed by atoms with Crippen LogP contribution < -0.4 is 10.1 Å². The molecule has 1 amide bonds. The van der Waals surface area contributed by atoms with Crippen LogP contribution in [-0.2, 0) is 14.3 Å². The smallest absolute Gasteiger partial charge is 0.276 e. The van der Waals surface area contributed by atoms with Crippen molar-refractivity contribution in [2.24, 2.45) is 5.41 Å². The average Bonchev–Trinajstić information content (AvgIpc) is 3.14. The highest BCUT2D eigenvalue weighted by molar-refractivity contribution is 14.1. The Morgan fingerprint density at radius 3 is 2.66 bits per heavy atom. The summed E-state index contributed by atoms with van der Waals surface area (Å²) in [5.41, 5.74) is -0.0799. The zero-order valence-electron chi connectivity index (χ0n) is 20.0. The van der Waals surface area contributed by atoms with Gasteiger partial charge in [-0.25, -0.2) is 0 Å². The van der Waals surface area contributed by atoms with Crippen molar-refractivity contribution in [3.05, 3.63) is 55.6 Å². The number of nitrogens with zero attached hydrogens (tertiary/aromatic N) is 2. The molecular formula is C23H30IN3O8. The van der Waals surface area contributed by atoms with Crippen LogP contribution in [0.5, 0.6) is 5.75 Å². The lowest BCUT2D eigenvalue weighted by molar-refractivity contribution is -0.386. The molecular weight excluding hydrogens is 573 g/mol. The van der Waals surface area contributed by atoms with Gasteiger partial charge in [0.1, 0.15) is 23.9 Å². The Labute approximate surface area is 217 Å². The first kappa shape index (κ1) is 27.3. The number of amides is 1. The standard InChI is InChI=1S/C23H30IN3O8/c1-12-25-22(30)13(9-26(12)20-8-17(29)19(10-28)35-20)11-34-21(23(2,3)4)14-6-18(33-5)15(24)7-16(14)27(31)32/h6-7,9,17,19-21,28-29H,1,8,10-11H2,2-5H3,(H,25,30)/t17?,19-,20-,21-/m1/s1. The minimum Gasteiger partial charge on any atom is -0.496 e. The summed E-state index contributed by atoms with van der Waals surface area (Å²) in [5.74, 6) is 0.322. The van der Waals surface area contributed by atoms with Gasteiger partial charge in [0.15, 0.2) is 0 Å². The van der Waals surface area contributed by atoms with Crippen LogP contribution in [0.15, 0.2) is 36.3 Å². The zero-order chi connectivity index (χ0) is 26.1. The lowest BCUT2D eigenvalue weighted by atomic mass is 9.83. The predicted molar refractivity (Wildman–Crippen MR) is 134 cm³/mol. The second-order valence-electron chi connectivity index (χ2n) is 9.44. The zero-order valence-corrected chi connectivity index (χ0v) is 22.1. The minimum absolute atomic E-state index is 0.101. The number of methoxy groups -OCH3 is 1. The molecule has 2 aliphatic heterocycles. The van der Waals surface area contributed by atoms with Crippen LogP contribution >= 0.6 is 22.6 Å². The number of carbonyl (C=O) groups is 1. The Bertz CT molecular complexity index is 1040. The number of rotatable bonds is 8. The number of carbonyl (C=O) groups excluding carboxylic acids is 1. The molecule has 0 aliphatic carbocycles. The summed E-state index contributed by atoms with van der Waals surface area (Å²) >= 11 is 1.98. The minimum atomic E-state index is -0.856. The van der Waals surface area contributed by atoms with Gasteiger partial charge in [0, 0.05) is 18.7 Å². The fourth-order valence-electron chi connectivity index (χ4n) is 4.05. The number of nitro benzene ring substituents is 1. The topological polar surface area (TPSA) is 144 Å². The molecule has 0 saturated carbocycles. The van der Waals surface area contributed by atoms with E-state index in [-0.39, 0.29) is 36.7 Å². The van der Waals surface area contributed by atoms with Gasteiger partial charge in [0.2, 0.25) is 0 Å². The summed E-state index contributed by atoms with van der Waals surface area (Å²) in [6.45, 7) is 9.01. The van der Waals surface area contributed by atoms with Gasteiger partial charge in [-0.2, -0.15) is 0 Å². The number of nitro groups is 1. The van der Waals surface area contributed by atoms with Crippen LogP contribution in [0, 0.1) is 19.1 Å². The Hall–Kier alpha value is -2.26. The number of benzene rings is 1. The van der Waals surface area contributed by atoms with Crippen LogP contribution in [0.25, 0.3) is 0 Å². The number of nitrogens with one attached hydrogen (secondary N) is 1. The van der Waals surface area contributed by atoms with Crippen molar-refractivity contribution in [3.8, 4) is 5.75 Å². The third-order valence-electron chi connectivity index (χ3n) is 5.82. The van der Waals surface area contributed by atoms with E-state index in [1.807, 2.05) is 43.4 Å². The number of aliphatic hydroxyl groups excluding tert-OH is 2. The molecule has 35 heavy (non-hydrogen) atoms. The lowest BCUT2D eigenvalue weighted by Gasteiger charge is -2.35. The highest BCUT2D eigenvalue weighted by Gasteiger charge is 2.39. The van der Waals surface area contributed by atoms with Gasteiger partial charge in [-0.15, -0.1) is 0 Å². The number of hydrogen-bond donors (Lipinski definition) is 3. The summed E-state index contributed by atoms with van der Waals surface area (Å²) in [7, 11) is 1.49. The normalized spacial score (nSPS) is 23.7. The summed E-state index contributed by atoms with van der Waals surface area (Å²) in [4.78, 5) is 25.6. The summed E-state index contributed by atoms with van der Waals surface area (Å²) in [6.07, 6.45) is -1.23. The maximum absolute atomic E-state index is 12.7. The molecule has 3 N–H and O–H groups in total. The van der Waals surface area contributed by atoms with Crippen LogP contribution in [0.3, 0.4) is 0 Å². The first-order valence-corrected chi connectivity index (χ1v) is 12.0. The van der Waals surface area contributed by atoms with Gasteiger partial charge in [0.05, 0.1) is 52.2 Å². The maximum atomic E-state index is 12.7. The first-order chi connectivity index (χ1) is 16.4. The van der Waals surface area contributed by atoms with Crippen molar-refractivity contribution >= 4 is 34.2 Å². The molecule has 12 heteroatoms. The quantitative estimate of drug-likeness (QED) is 0.232. The molecule has 4 atom stereocenters. The van der Waals surface area contributed by atoms with E-state index in [0.717, 1.165) is 0 Å². The monoisotopic (exact) mass is 603 g/mol. The lowest BCUT2D eigenvalue weighted by Crippen LogP contribution is -2.44. The van der Waals surface area contributed by atoms with Gasteiger partial charge in [-0.1, -0.05) is 27.4 Å². The SMILES string of the molecule is C=C1NC(=O)C(CO[C@H](c2cc(OC)c(I)cc2[N+](=O)[O-])C(C)(C)C)=CN1[C@H]1CC(O)[C@@H](CO)O1. The Balaban J connectivity index is 1.90. The van der Waals surface area contributed by atoms with Gasteiger partial charge >= 0.3 is 0 Å². The molecule has 2 heterocycles. The molecule has 3 rings (SSSR count). The fraction of sp³-hybridized carbons (Fsp3) is 0.522. The molecule has 0 aromatic heterocycles. The molecule has 1 saturated heterocycles. The number of hydrogen-bond acceptors (Lipinski definition) is 9. The fourth-order valence-corrected chi connectivity index (χ4v) is 4.72. The van der Waals surface area contributed by atoms with E-state index >= 15 is 0 Å². The Morgan fingerprint density at radius 2 is 2.11 bits per heavy atom. The van der Waals surface area contributed by atoms with Gasteiger partial charge in [-0.3, -0.25) is 14.9 Å². The molecule has 0 spiro atoms. The van der Waals surface area contributed by atoms with E-state index in [0.29, 0.717) is 14.9 Å². The third-order valence-corrected chi connectivity index (χ3v) is 6.67. The largest absolute Gasteiger partial charge is 0.496 e. The van der Waals surface area contributed by atoms with Crippen molar-refractivity contribution in [1.29, 1.82) is 0 Å². The van der Waals surface area contributed by atoms with Gasteiger partial charge < -0.3 is 34.6 Å². The summed E-state index contributed by atoms with van der Waals surface area (Å²) in [5, 5.41) is 33.9. The Morgan fingerprint density at radius 1 is 1.43 bits per heavy atom. The van der Waals surface area contributed by atoms with Gasteiger partial charge in [-0.05, 0) is 34.1 Å². The van der Waals surface area contributed by atoms with E-state index in [2.05, 4.69) is 11.9 Å². The molecule has 192 valence electrons. The number of ether oxygens (including phenoxy) is 3. The van der Waals surface area contributed by atoms with Crippen molar-refractivity contribution in [1.82, 2.24) is 10.2 Å². The van der Waals surface area contributed by atoms with E-state index in [4.69, 9.17) is 14.2 Å². The average molecular weight is 603 g/mol. The van der Waals surface area contributed by atoms with Crippen molar-refractivity contribution in [2.45, 2.75) is 51.7 Å². The molecule has 0 bridgehead atoms. The van der Waals surface area contributed by atoms with Crippen LogP contribution in [0.1, 0.15) is 38.9 Å². The van der Waals surface area contributed by atoms with Crippen LogP contribution in [-0.4, -0.2) is 64.7 Å². The predicted octanol–water partition coefficient (Wildman–Crippen LogP) is 2.57. The molecule has 11 nitrogen and oxygen atoms in total. The molecule has 1 aromatic carbocycles. The van der Waals surface area contributed by atoms with Crippen molar-refractivity contribution in [3.63, 3.8) is 0 Å². The van der Waals surface area contributed by atoms with Crippen molar-refractivity contribution < 1.29 is 34.1 Å². The summed E-state index contributed by atoms with van der Waals surface area (Å²) < 4.78 is 17.8. The van der Waals surface area contributed by atoms with E-state index in [1.54, 1.807) is 11.0 Å². The third kappa shape index (κ3) is 5.94. The maximum Gasteiger partial charge on any atom is 0.276 e. The second kappa shape index (κ2) is 10.8. The highest BCUT2D eigenvalue weighted by Crippen LogP contribution is 2.43. The second-order valence-corrected chi connectivity index (χ2v) is 10.6. The molecule has 1 aromatic rings. The molecule has 1 fully saturated rings. The molecule has 0 radical (unpaired) electrons. The Kier molecular flexibility index (Phi) is 8.42. The highest BCUT2D eigenvalue weighted by atomic mass is 127. The molecule has 1 unspecified atom stereocenters. The first-order valence-electron chi connectivity index (χ1n) is 10.9. The van der Waals surface area contributed by atoms with E-state index in [1.165, 1.54) is 19.4 Å². The van der Waals surface area contributed by atoms with Gasteiger partial charge in [0.25, 0.3) is 11.6 Å².